The molecule has 0 bridgehead atoms. The second-order valence-electron chi connectivity index (χ2n) is 6.90. The second kappa shape index (κ2) is 8.65. The molecule has 0 spiro atoms. The van der Waals surface area contributed by atoms with Crippen molar-refractivity contribution in [3.05, 3.63) is 66.2 Å². The number of piperazine rings is 1. The topological polar surface area (TPSA) is 54.3 Å². The van der Waals surface area contributed by atoms with Gasteiger partial charge in [-0.3, -0.25) is 9.36 Å². The lowest BCUT2D eigenvalue weighted by atomic mass is 10.2. The molecular formula is C21H22FN5OS. The van der Waals surface area contributed by atoms with Gasteiger partial charge in [0.25, 0.3) is 0 Å². The molecule has 8 heteroatoms. The second-order valence-corrected chi connectivity index (χ2v) is 7.85. The highest BCUT2D eigenvalue weighted by Crippen LogP contribution is 2.23. The lowest BCUT2D eigenvalue weighted by Gasteiger charge is -2.36. The lowest BCUT2D eigenvalue weighted by Crippen LogP contribution is -2.49. The van der Waals surface area contributed by atoms with Crippen LogP contribution in [0.4, 0.5) is 10.1 Å². The van der Waals surface area contributed by atoms with Gasteiger partial charge >= 0.3 is 0 Å². The smallest absolute Gasteiger partial charge is 0.233 e. The van der Waals surface area contributed by atoms with Crippen molar-refractivity contribution >= 4 is 23.4 Å². The number of thioether (sulfide) groups is 1. The molecule has 3 aromatic rings. The average Bonchev–Trinajstić information content (AvgIpc) is 3.21. The van der Waals surface area contributed by atoms with E-state index in [9.17, 15) is 9.18 Å². The van der Waals surface area contributed by atoms with Crippen LogP contribution in [-0.4, -0.2) is 57.5 Å². The molecular weight excluding hydrogens is 389 g/mol. The molecule has 1 fully saturated rings. The van der Waals surface area contributed by atoms with Gasteiger partial charge in [0.2, 0.25) is 5.91 Å². The van der Waals surface area contributed by atoms with E-state index in [-0.39, 0.29) is 11.7 Å². The molecule has 6 nitrogen and oxygen atoms in total. The van der Waals surface area contributed by atoms with Crippen molar-refractivity contribution in [2.24, 2.45) is 0 Å². The molecule has 1 aliphatic rings. The van der Waals surface area contributed by atoms with Crippen LogP contribution in [0.25, 0.3) is 5.69 Å². The highest BCUT2D eigenvalue weighted by molar-refractivity contribution is 7.99. The highest BCUT2D eigenvalue weighted by atomic mass is 32.2. The van der Waals surface area contributed by atoms with E-state index in [1.807, 2.05) is 40.7 Å². The quantitative estimate of drug-likeness (QED) is 0.604. The van der Waals surface area contributed by atoms with Crippen molar-refractivity contribution in [1.29, 1.82) is 0 Å². The zero-order valence-corrected chi connectivity index (χ0v) is 17.0. The summed E-state index contributed by atoms with van der Waals surface area (Å²) in [5.74, 6) is 0.174. The number of carbonyl (C=O) groups excluding carboxylic acids is 1. The Labute approximate surface area is 173 Å². The summed E-state index contributed by atoms with van der Waals surface area (Å²) in [5, 5.41) is 8.90. The molecule has 0 N–H and O–H groups in total. The summed E-state index contributed by atoms with van der Waals surface area (Å²) in [4.78, 5) is 16.7. The number of aryl methyl sites for hydroxylation is 1. The number of aromatic nitrogens is 3. The van der Waals surface area contributed by atoms with Crippen molar-refractivity contribution < 1.29 is 9.18 Å². The summed E-state index contributed by atoms with van der Waals surface area (Å²) in [6, 6.07) is 14.5. The molecule has 2 aromatic carbocycles. The molecule has 2 heterocycles. The molecule has 29 heavy (non-hydrogen) atoms. The van der Waals surface area contributed by atoms with E-state index >= 15 is 0 Å². The van der Waals surface area contributed by atoms with E-state index in [0.717, 1.165) is 30.0 Å². The Morgan fingerprint density at radius 2 is 1.79 bits per heavy atom. The maximum absolute atomic E-state index is 13.1. The molecule has 4 rings (SSSR count). The van der Waals surface area contributed by atoms with Crippen LogP contribution in [0, 0.1) is 12.7 Å². The van der Waals surface area contributed by atoms with E-state index in [2.05, 4.69) is 15.1 Å². The number of hydrogen-bond donors (Lipinski definition) is 0. The molecule has 1 amide bonds. The summed E-state index contributed by atoms with van der Waals surface area (Å²) in [6.07, 6.45) is 1.68. The molecule has 1 aliphatic heterocycles. The van der Waals surface area contributed by atoms with Crippen LogP contribution < -0.4 is 4.90 Å². The summed E-state index contributed by atoms with van der Waals surface area (Å²) in [6.45, 7) is 4.82. The zero-order chi connectivity index (χ0) is 20.2. The zero-order valence-electron chi connectivity index (χ0n) is 16.2. The molecule has 1 aromatic heterocycles. The predicted molar refractivity (Wildman–Crippen MR) is 112 cm³/mol. The van der Waals surface area contributed by atoms with Crippen molar-refractivity contribution in [3.8, 4) is 5.69 Å². The van der Waals surface area contributed by atoms with Gasteiger partial charge in [-0.05, 0) is 42.8 Å². The van der Waals surface area contributed by atoms with Crippen molar-refractivity contribution in [3.63, 3.8) is 0 Å². The molecule has 0 radical (unpaired) electrons. The maximum atomic E-state index is 13.1. The van der Waals surface area contributed by atoms with Crippen LogP contribution in [0.15, 0.2) is 60.0 Å². The number of anilines is 1. The van der Waals surface area contributed by atoms with E-state index in [0.29, 0.717) is 24.0 Å². The minimum atomic E-state index is -0.238. The molecule has 1 saturated heterocycles. The van der Waals surface area contributed by atoms with Crippen molar-refractivity contribution in [1.82, 2.24) is 19.7 Å². The maximum Gasteiger partial charge on any atom is 0.233 e. The third kappa shape index (κ3) is 4.42. The lowest BCUT2D eigenvalue weighted by molar-refractivity contribution is -0.128. The minimum absolute atomic E-state index is 0.0908. The van der Waals surface area contributed by atoms with Gasteiger partial charge in [-0.15, -0.1) is 10.2 Å². The highest BCUT2D eigenvalue weighted by Gasteiger charge is 2.22. The SMILES string of the molecule is Cc1ccccc1-n1cnnc1SCC(=O)N1CCN(c2ccc(F)cc2)CC1. The van der Waals surface area contributed by atoms with E-state index in [4.69, 9.17) is 0 Å². The normalized spacial score (nSPS) is 14.3. The average molecular weight is 412 g/mol. The summed E-state index contributed by atoms with van der Waals surface area (Å²) >= 11 is 1.40. The number of hydrogen-bond acceptors (Lipinski definition) is 5. The fourth-order valence-electron chi connectivity index (χ4n) is 3.41. The fraction of sp³-hybridized carbons (Fsp3) is 0.286. The number of halogens is 1. The number of benzene rings is 2. The first kappa shape index (κ1) is 19.4. The van der Waals surface area contributed by atoms with Crippen LogP contribution in [0.5, 0.6) is 0 Å². The monoisotopic (exact) mass is 411 g/mol. The van der Waals surface area contributed by atoms with E-state index in [1.165, 1.54) is 23.9 Å². The van der Waals surface area contributed by atoms with Gasteiger partial charge in [-0.25, -0.2) is 4.39 Å². The first-order valence-corrected chi connectivity index (χ1v) is 10.5. The third-order valence-corrected chi connectivity index (χ3v) is 5.97. The summed E-state index contributed by atoms with van der Waals surface area (Å²) in [7, 11) is 0. The Bertz CT molecular complexity index is 983. The van der Waals surface area contributed by atoms with Crippen molar-refractivity contribution in [2.75, 3.05) is 36.8 Å². The molecule has 0 aliphatic carbocycles. The molecule has 0 saturated carbocycles. The summed E-state index contributed by atoms with van der Waals surface area (Å²) < 4.78 is 15.0. The number of carbonyl (C=O) groups is 1. The van der Waals surface area contributed by atoms with Gasteiger partial charge in [0.15, 0.2) is 5.16 Å². The largest absolute Gasteiger partial charge is 0.368 e. The van der Waals surface area contributed by atoms with Gasteiger partial charge in [-0.2, -0.15) is 0 Å². The predicted octanol–water partition coefficient (Wildman–Crippen LogP) is 3.16. The number of nitrogens with zero attached hydrogens (tertiary/aromatic N) is 5. The van der Waals surface area contributed by atoms with E-state index < -0.39 is 0 Å². The minimum Gasteiger partial charge on any atom is -0.368 e. The van der Waals surface area contributed by atoms with Gasteiger partial charge in [-0.1, -0.05) is 30.0 Å². The van der Waals surface area contributed by atoms with Crippen LogP contribution in [-0.2, 0) is 4.79 Å². The number of rotatable bonds is 5. The van der Waals surface area contributed by atoms with Crippen molar-refractivity contribution in [2.45, 2.75) is 12.1 Å². The summed E-state index contributed by atoms with van der Waals surface area (Å²) in [5.41, 5.74) is 3.12. The van der Waals surface area contributed by atoms with Crippen LogP contribution in [0.2, 0.25) is 0 Å². The molecule has 0 atom stereocenters. The standard InChI is InChI=1S/C21H22FN5OS/c1-16-4-2-3-5-19(16)27-15-23-24-21(27)29-14-20(28)26-12-10-25(11-13-26)18-8-6-17(22)7-9-18/h2-9,15H,10-14H2,1H3. The first-order chi connectivity index (χ1) is 14.1. The van der Waals surface area contributed by atoms with E-state index in [1.54, 1.807) is 18.5 Å². The Morgan fingerprint density at radius 3 is 2.52 bits per heavy atom. The molecule has 150 valence electrons. The Balaban J connectivity index is 1.33. The molecule has 0 unspecified atom stereocenters. The third-order valence-electron chi connectivity index (χ3n) is 5.04. The Morgan fingerprint density at radius 1 is 1.07 bits per heavy atom. The van der Waals surface area contributed by atoms with Crippen LogP contribution >= 0.6 is 11.8 Å². The van der Waals surface area contributed by atoms with Gasteiger partial charge in [0, 0.05) is 31.9 Å². The Hall–Kier alpha value is -2.87. The van der Waals surface area contributed by atoms with Crippen LogP contribution in [0.3, 0.4) is 0 Å². The van der Waals surface area contributed by atoms with Gasteiger partial charge in [0.05, 0.1) is 11.4 Å². The van der Waals surface area contributed by atoms with Crippen LogP contribution in [0.1, 0.15) is 5.56 Å². The van der Waals surface area contributed by atoms with Gasteiger partial charge < -0.3 is 9.80 Å². The number of para-hydroxylation sites is 1. The Kier molecular flexibility index (Phi) is 5.80. The van der Waals surface area contributed by atoms with Gasteiger partial charge in [0.1, 0.15) is 12.1 Å². The first-order valence-electron chi connectivity index (χ1n) is 9.49. The number of amides is 1. The fourth-order valence-corrected chi connectivity index (χ4v) is 4.23.